The van der Waals surface area contributed by atoms with Crippen LogP contribution in [0.4, 0.5) is 0 Å². The van der Waals surface area contributed by atoms with E-state index in [1.165, 1.54) is 71.8 Å². The van der Waals surface area contributed by atoms with E-state index in [1.807, 2.05) is 0 Å². The van der Waals surface area contributed by atoms with Crippen molar-refractivity contribution in [1.29, 1.82) is 0 Å². The van der Waals surface area contributed by atoms with Crippen LogP contribution in [0.15, 0.2) is 206 Å². The Bertz CT molecular complexity index is 3100. The highest BCUT2D eigenvalue weighted by Crippen LogP contribution is 2.55. The largest absolute Gasteiger partial charge is 0.228 e. The third-order valence-electron chi connectivity index (χ3n) is 12.3. The summed E-state index contributed by atoms with van der Waals surface area (Å²) < 4.78 is 0. The Morgan fingerprint density at radius 2 is 0.797 bits per heavy atom. The fourth-order valence-corrected chi connectivity index (χ4v) is 9.29. The van der Waals surface area contributed by atoms with E-state index in [4.69, 9.17) is 9.97 Å². The minimum atomic E-state index is -0.121. The predicted octanol–water partition coefficient (Wildman–Crippen LogP) is 15.1. The van der Waals surface area contributed by atoms with Crippen LogP contribution in [0.1, 0.15) is 25.0 Å². The van der Waals surface area contributed by atoms with Crippen molar-refractivity contribution in [2.75, 3.05) is 0 Å². The maximum absolute atomic E-state index is 5.35. The third-order valence-corrected chi connectivity index (χ3v) is 12.3. The first kappa shape index (κ1) is 34.8. The van der Waals surface area contributed by atoms with Gasteiger partial charge < -0.3 is 0 Å². The summed E-state index contributed by atoms with van der Waals surface area (Å²) in [4.78, 5) is 10.7. The zero-order valence-electron chi connectivity index (χ0n) is 33.0. The van der Waals surface area contributed by atoms with Gasteiger partial charge in [-0.2, -0.15) is 0 Å². The zero-order valence-corrected chi connectivity index (χ0v) is 33.0. The van der Waals surface area contributed by atoms with Gasteiger partial charge in [0.1, 0.15) is 0 Å². The first-order valence-corrected chi connectivity index (χ1v) is 20.4. The van der Waals surface area contributed by atoms with Crippen molar-refractivity contribution in [2.24, 2.45) is 0 Å². The summed E-state index contributed by atoms with van der Waals surface area (Å²) in [7, 11) is 0. The van der Waals surface area contributed by atoms with Crippen LogP contribution in [-0.4, -0.2) is 9.97 Å². The summed E-state index contributed by atoms with van der Waals surface area (Å²) in [6.45, 7) is 4.73. The summed E-state index contributed by atoms with van der Waals surface area (Å²) in [6.07, 6.45) is 0. The Morgan fingerprint density at radius 3 is 1.41 bits per heavy atom. The Balaban J connectivity index is 1.08. The van der Waals surface area contributed by atoms with Crippen LogP contribution in [0.2, 0.25) is 0 Å². The fourth-order valence-electron chi connectivity index (χ4n) is 9.29. The molecule has 59 heavy (non-hydrogen) atoms. The Kier molecular flexibility index (Phi) is 8.20. The van der Waals surface area contributed by atoms with Crippen molar-refractivity contribution in [1.82, 2.24) is 9.97 Å². The second-order valence-corrected chi connectivity index (χ2v) is 16.1. The molecule has 1 heterocycles. The fraction of sp³-hybridized carbons (Fsp3) is 0.0526. The van der Waals surface area contributed by atoms with Gasteiger partial charge in [0.2, 0.25) is 0 Å². The highest BCUT2D eigenvalue weighted by Gasteiger charge is 2.38. The maximum atomic E-state index is 5.35. The standard InChI is InChI=1S/C57H40N2/c1-57(2)50-23-13-22-48(55(50)54-44-19-10-9-18-41(44)32-35-51(54)57)47-33-34-49(46-21-12-11-20-45(46)47)56-58-52(42-28-24-39(25-29-42)37-14-5-3-6-15-37)36-53(59-56)43-30-26-40(27-31-43)38-16-7-4-8-17-38/h3-36H,1-2H3. The van der Waals surface area contributed by atoms with Crippen LogP contribution in [0, 0.1) is 0 Å². The lowest BCUT2D eigenvalue weighted by atomic mass is 9.81. The average molecular weight is 753 g/mol. The number of fused-ring (bicyclic) bond motifs is 6. The molecule has 0 saturated heterocycles. The molecule has 2 nitrogen and oxygen atoms in total. The first-order valence-electron chi connectivity index (χ1n) is 20.4. The van der Waals surface area contributed by atoms with E-state index in [2.05, 4.69) is 220 Å². The molecule has 10 aromatic rings. The zero-order chi connectivity index (χ0) is 39.5. The molecule has 1 aromatic heterocycles. The second-order valence-electron chi connectivity index (χ2n) is 16.1. The van der Waals surface area contributed by atoms with Gasteiger partial charge in [-0.3, -0.25) is 0 Å². The lowest BCUT2D eigenvalue weighted by molar-refractivity contribution is 0.661. The monoisotopic (exact) mass is 752 g/mol. The van der Waals surface area contributed by atoms with Crippen LogP contribution >= 0.6 is 0 Å². The number of nitrogens with zero attached hydrogens (tertiary/aromatic N) is 2. The number of rotatable bonds is 6. The molecule has 0 aliphatic heterocycles. The van der Waals surface area contributed by atoms with Gasteiger partial charge in [-0.05, 0) is 89.3 Å². The molecule has 0 amide bonds. The van der Waals surface area contributed by atoms with Crippen molar-refractivity contribution >= 4 is 21.5 Å². The summed E-state index contributed by atoms with van der Waals surface area (Å²) in [5.74, 6) is 0.704. The first-order chi connectivity index (χ1) is 29.0. The van der Waals surface area contributed by atoms with Crippen LogP contribution in [0.5, 0.6) is 0 Å². The highest BCUT2D eigenvalue weighted by atomic mass is 14.9. The molecule has 0 atom stereocenters. The minimum absolute atomic E-state index is 0.121. The molecule has 0 bridgehead atoms. The summed E-state index contributed by atoms with van der Waals surface area (Å²) in [5, 5.41) is 4.87. The molecular formula is C57H40N2. The van der Waals surface area contributed by atoms with Gasteiger partial charge in [0.25, 0.3) is 0 Å². The quantitative estimate of drug-likeness (QED) is 0.169. The molecule has 0 N–H and O–H groups in total. The summed E-state index contributed by atoms with van der Waals surface area (Å²) in [6, 6.07) is 74.2. The molecule has 2 heteroatoms. The smallest absolute Gasteiger partial charge is 0.161 e. The van der Waals surface area contributed by atoms with Crippen LogP contribution in [-0.2, 0) is 5.41 Å². The molecule has 0 radical (unpaired) electrons. The molecule has 0 spiro atoms. The molecule has 1 aliphatic rings. The molecule has 278 valence electrons. The van der Waals surface area contributed by atoms with Gasteiger partial charge in [0.15, 0.2) is 5.82 Å². The van der Waals surface area contributed by atoms with Crippen LogP contribution in [0.3, 0.4) is 0 Å². The van der Waals surface area contributed by atoms with Gasteiger partial charge in [0.05, 0.1) is 11.4 Å². The topological polar surface area (TPSA) is 25.8 Å². The number of aromatic nitrogens is 2. The van der Waals surface area contributed by atoms with E-state index in [0.717, 1.165) is 33.5 Å². The normalized spacial score (nSPS) is 12.7. The van der Waals surface area contributed by atoms with E-state index in [9.17, 15) is 0 Å². The van der Waals surface area contributed by atoms with Crippen LogP contribution in [0.25, 0.3) is 100.0 Å². The van der Waals surface area contributed by atoms with Crippen molar-refractivity contribution in [3.63, 3.8) is 0 Å². The Labute approximate surface area is 345 Å². The molecule has 9 aromatic carbocycles. The lowest BCUT2D eigenvalue weighted by Crippen LogP contribution is -2.14. The van der Waals surface area contributed by atoms with E-state index >= 15 is 0 Å². The number of benzene rings is 9. The highest BCUT2D eigenvalue weighted by molar-refractivity contribution is 6.11. The lowest BCUT2D eigenvalue weighted by Gasteiger charge is -2.22. The minimum Gasteiger partial charge on any atom is -0.228 e. The molecule has 11 rings (SSSR count). The van der Waals surface area contributed by atoms with Gasteiger partial charge in [-0.15, -0.1) is 0 Å². The van der Waals surface area contributed by atoms with Crippen molar-refractivity contribution in [3.8, 4) is 78.4 Å². The van der Waals surface area contributed by atoms with E-state index < -0.39 is 0 Å². The molecular weight excluding hydrogens is 713 g/mol. The van der Waals surface area contributed by atoms with E-state index in [1.54, 1.807) is 0 Å². The van der Waals surface area contributed by atoms with Gasteiger partial charge >= 0.3 is 0 Å². The van der Waals surface area contributed by atoms with Gasteiger partial charge in [0, 0.05) is 22.1 Å². The van der Waals surface area contributed by atoms with Crippen LogP contribution < -0.4 is 0 Å². The van der Waals surface area contributed by atoms with Crippen molar-refractivity contribution in [3.05, 3.63) is 217 Å². The molecule has 0 unspecified atom stereocenters. The number of hydrogen-bond acceptors (Lipinski definition) is 2. The van der Waals surface area contributed by atoms with Gasteiger partial charge in [-0.1, -0.05) is 208 Å². The van der Waals surface area contributed by atoms with Gasteiger partial charge in [-0.25, -0.2) is 9.97 Å². The summed E-state index contributed by atoms with van der Waals surface area (Å²) >= 11 is 0. The van der Waals surface area contributed by atoms with Crippen molar-refractivity contribution < 1.29 is 0 Å². The Hall–Kier alpha value is -7.42. The Morgan fingerprint density at radius 1 is 0.322 bits per heavy atom. The average Bonchev–Trinajstić information content (AvgIpc) is 3.55. The number of hydrogen-bond donors (Lipinski definition) is 0. The third kappa shape index (κ3) is 5.87. The second kappa shape index (κ2) is 13.9. The van der Waals surface area contributed by atoms with Crippen molar-refractivity contribution in [2.45, 2.75) is 19.3 Å². The molecule has 0 fully saturated rings. The maximum Gasteiger partial charge on any atom is 0.161 e. The van der Waals surface area contributed by atoms with E-state index in [-0.39, 0.29) is 5.41 Å². The molecule has 0 saturated carbocycles. The van der Waals surface area contributed by atoms with E-state index in [0.29, 0.717) is 5.82 Å². The SMILES string of the molecule is CC1(C)c2cccc(-c3ccc(-c4nc(-c5ccc(-c6ccccc6)cc5)cc(-c5ccc(-c6ccccc6)cc5)n4)c4ccccc34)c2-c2c1ccc1ccccc21. The predicted molar refractivity (Wildman–Crippen MR) is 247 cm³/mol. The summed E-state index contributed by atoms with van der Waals surface area (Å²) in [5.41, 5.74) is 17.4. The molecule has 1 aliphatic carbocycles.